The average molecular weight is 343 g/mol. The summed E-state index contributed by atoms with van der Waals surface area (Å²) in [5.41, 5.74) is 0.786. The number of carbonyl (C=O) groups is 1. The number of hydrogen-bond donors (Lipinski definition) is 1. The van der Waals surface area contributed by atoms with Gasteiger partial charge in [0.25, 0.3) is 0 Å². The standard InChI is InChI=1S/C18H25N5O2/c1-22-10-8-19-16(22)11-14-5-4-9-23(13-14)18(24)20-12-15-6-3-7-17(21-15)25-2/h3,6-8,10,14H,4-5,9,11-13H2,1-2H3,(H,20,24)/t14-/m0/s1. The SMILES string of the molecule is COc1cccc(CNC(=O)N2CCC[C@@H](Cc3nccn3C)C2)n1. The number of likely N-dealkylation sites (tertiary alicyclic amines) is 1. The van der Waals surface area contributed by atoms with E-state index in [4.69, 9.17) is 4.74 Å². The molecule has 0 spiro atoms. The van der Waals surface area contributed by atoms with Gasteiger partial charge in [-0.2, -0.15) is 0 Å². The Labute approximate surface area is 148 Å². The molecule has 7 nitrogen and oxygen atoms in total. The number of aromatic nitrogens is 3. The van der Waals surface area contributed by atoms with Crippen molar-refractivity contribution in [1.29, 1.82) is 0 Å². The Morgan fingerprint density at radius 1 is 1.44 bits per heavy atom. The van der Waals surface area contributed by atoms with Crippen LogP contribution in [-0.2, 0) is 20.0 Å². The first-order valence-electron chi connectivity index (χ1n) is 8.64. The smallest absolute Gasteiger partial charge is 0.317 e. The molecular weight excluding hydrogens is 318 g/mol. The first-order valence-corrected chi connectivity index (χ1v) is 8.64. The topological polar surface area (TPSA) is 72.3 Å². The van der Waals surface area contributed by atoms with Crippen molar-refractivity contribution in [1.82, 2.24) is 24.8 Å². The lowest BCUT2D eigenvalue weighted by Crippen LogP contribution is -2.45. The molecule has 0 radical (unpaired) electrons. The summed E-state index contributed by atoms with van der Waals surface area (Å²) in [5.74, 6) is 2.09. The summed E-state index contributed by atoms with van der Waals surface area (Å²) < 4.78 is 7.16. The Bertz CT molecular complexity index is 715. The first-order chi connectivity index (χ1) is 12.2. The fourth-order valence-corrected chi connectivity index (χ4v) is 3.22. The van der Waals surface area contributed by atoms with E-state index in [9.17, 15) is 4.79 Å². The highest BCUT2D eigenvalue weighted by atomic mass is 16.5. The van der Waals surface area contributed by atoms with Crippen molar-refractivity contribution in [2.24, 2.45) is 13.0 Å². The Morgan fingerprint density at radius 2 is 2.32 bits per heavy atom. The van der Waals surface area contributed by atoms with Crippen LogP contribution in [0.25, 0.3) is 0 Å². The number of nitrogens with zero attached hydrogens (tertiary/aromatic N) is 4. The molecule has 1 N–H and O–H groups in total. The van der Waals surface area contributed by atoms with Crippen LogP contribution in [0.4, 0.5) is 4.79 Å². The molecule has 3 rings (SSSR count). The molecule has 0 saturated carbocycles. The molecule has 1 saturated heterocycles. The van der Waals surface area contributed by atoms with E-state index >= 15 is 0 Å². The second-order valence-corrected chi connectivity index (χ2v) is 6.44. The maximum atomic E-state index is 12.5. The minimum Gasteiger partial charge on any atom is -0.481 e. The van der Waals surface area contributed by atoms with Gasteiger partial charge in [-0.1, -0.05) is 6.07 Å². The highest BCUT2D eigenvalue weighted by molar-refractivity contribution is 5.74. The third-order valence-corrected chi connectivity index (χ3v) is 4.61. The molecule has 7 heteroatoms. The minimum absolute atomic E-state index is 0.0332. The van der Waals surface area contributed by atoms with Crippen molar-refractivity contribution >= 4 is 6.03 Å². The van der Waals surface area contributed by atoms with E-state index in [1.165, 1.54) is 0 Å². The minimum atomic E-state index is -0.0332. The molecule has 2 aromatic rings. The lowest BCUT2D eigenvalue weighted by Gasteiger charge is -2.32. The van der Waals surface area contributed by atoms with Crippen LogP contribution in [0.3, 0.4) is 0 Å². The largest absolute Gasteiger partial charge is 0.481 e. The molecule has 1 fully saturated rings. The van der Waals surface area contributed by atoms with Crippen molar-refractivity contribution in [3.63, 3.8) is 0 Å². The molecule has 134 valence electrons. The monoisotopic (exact) mass is 343 g/mol. The van der Waals surface area contributed by atoms with Gasteiger partial charge in [0.15, 0.2) is 0 Å². The summed E-state index contributed by atoms with van der Waals surface area (Å²) in [6, 6.07) is 5.51. The van der Waals surface area contributed by atoms with Gasteiger partial charge < -0.3 is 19.5 Å². The van der Waals surface area contributed by atoms with Crippen LogP contribution in [0.2, 0.25) is 0 Å². The van der Waals surface area contributed by atoms with Crippen molar-refractivity contribution in [2.45, 2.75) is 25.8 Å². The van der Waals surface area contributed by atoms with Crippen molar-refractivity contribution in [3.05, 3.63) is 42.1 Å². The molecule has 25 heavy (non-hydrogen) atoms. The number of urea groups is 1. The van der Waals surface area contributed by atoms with Crippen LogP contribution in [0.1, 0.15) is 24.4 Å². The van der Waals surface area contributed by atoms with Crippen LogP contribution in [0, 0.1) is 5.92 Å². The lowest BCUT2D eigenvalue weighted by atomic mass is 9.94. The van der Waals surface area contributed by atoms with E-state index in [0.29, 0.717) is 18.3 Å². The molecule has 2 amide bonds. The predicted molar refractivity (Wildman–Crippen MR) is 94.2 cm³/mol. The zero-order valence-electron chi connectivity index (χ0n) is 14.8. The molecule has 0 aliphatic carbocycles. The van der Waals surface area contributed by atoms with Crippen molar-refractivity contribution < 1.29 is 9.53 Å². The number of nitrogens with one attached hydrogen (secondary N) is 1. The number of carbonyl (C=O) groups excluding carboxylic acids is 1. The van der Waals surface area contributed by atoms with E-state index in [1.807, 2.05) is 41.0 Å². The molecule has 0 unspecified atom stereocenters. The van der Waals surface area contributed by atoms with E-state index < -0.39 is 0 Å². The quantitative estimate of drug-likeness (QED) is 0.901. The number of pyridine rings is 1. The van der Waals surface area contributed by atoms with Crippen LogP contribution in [0.15, 0.2) is 30.6 Å². The summed E-state index contributed by atoms with van der Waals surface area (Å²) in [6.45, 7) is 1.97. The van der Waals surface area contributed by atoms with Crippen LogP contribution in [0.5, 0.6) is 5.88 Å². The number of aryl methyl sites for hydroxylation is 1. The van der Waals surface area contributed by atoms with Crippen molar-refractivity contribution in [2.75, 3.05) is 20.2 Å². The molecule has 1 aliphatic rings. The zero-order valence-corrected chi connectivity index (χ0v) is 14.8. The van der Waals surface area contributed by atoms with E-state index in [2.05, 4.69) is 15.3 Å². The molecule has 0 aromatic carbocycles. The Balaban J connectivity index is 1.52. The number of ether oxygens (including phenoxy) is 1. The van der Waals surface area contributed by atoms with Gasteiger partial charge >= 0.3 is 6.03 Å². The Morgan fingerprint density at radius 3 is 3.08 bits per heavy atom. The van der Waals surface area contributed by atoms with Gasteiger partial charge in [0.1, 0.15) is 5.82 Å². The fourth-order valence-electron chi connectivity index (χ4n) is 3.22. The molecule has 1 aliphatic heterocycles. The second kappa shape index (κ2) is 8.00. The normalized spacial score (nSPS) is 17.4. The molecular formula is C18H25N5O2. The lowest BCUT2D eigenvalue weighted by molar-refractivity contribution is 0.164. The summed E-state index contributed by atoms with van der Waals surface area (Å²) in [4.78, 5) is 23.1. The van der Waals surface area contributed by atoms with Crippen molar-refractivity contribution in [3.8, 4) is 5.88 Å². The Hall–Kier alpha value is -2.57. The van der Waals surface area contributed by atoms with Crippen LogP contribution < -0.4 is 10.1 Å². The molecule has 3 heterocycles. The molecule has 1 atom stereocenters. The molecule has 0 bridgehead atoms. The number of imidazole rings is 1. The third kappa shape index (κ3) is 4.49. The van der Waals surface area contributed by atoms with Gasteiger partial charge in [-0.3, -0.25) is 0 Å². The second-order valence-electron chi connectivity index (χ2n) is 6.44. The van der Waals surface area contributed by atoms with Crippen LogP contribution >= 0.6 is 0 Å². The predicted octanol–water partition coefficient (Wildman–Crippen LogP) is 1.99. The van der Waals surface area contributed by atoms with E-state index in [0.717, 1.165) is 43.9 Å². The van der Waals surface area contributed by atoms with Gasteiger partial charge in [-0.25, -0.2) is 14.8 Å². The van der Waals surface area contributed by atoms with Gasteiger partial charge in [0.2, 0.25) is 5.88 Å². The summed E-state index contributed by atoms with van der Waals surface area (Å²) in [7, 11) is 3.59. The summed E-state index contributed by atoms with van der Waals surface area (Å²) in [5, 5.41) is 2.96. The Kier molecular flexibility index (Phi) is 5.53. The highest BCUT2D eigenvalue weighted by Gasteiger charge is 2.24. The maximum Gasteiger partial charge on any atom is 0.317 e. The number of rotatable bonds is 5. The summed E-state index contributed by atoms with van der Waals surface area (Å²) >= 11 is 0. The van der Waals surface area contributed by atoms with Gasteiger partial charge in [-0.15, -0.1) is 0 Å². The van der Waals surface area contributed by atoms with Gasteiger partial charge in [-0.05, 0) is 24.8 Å². The van der Waals surface area contributed by atoms with E-state index in [-0.39, 0.29) is 6.03 Å². The fraction of sp³-hybridized carbons (Fsp3) is 0.500. The van der Waals surface area contributed by atoms with Gasteiger partial charge in [0.05, 0.1) is 19.3 Å². The molecule has 2 aromatic heterocycles. The summed E-state index contributed by atoms with van der Waals surface area (Å²) in [6.07, 6.45) is 6.85. The number of hydrogen-bond acceptors (Lipinski definition) is 4. The van der Waals surface area contributed by atoms with Crippen LogP contribution in [-0.4, -0.2) is 45.7 Å². The number of amides is 2. The zero-order chi connectivity index (χ0) is 17.6. The first kappa shape index (κ1) is 17.3. The average Bonchev–Trinajstić information content (AvgIpc) is 3.05. The highest BCUT2D eigenvalue weighted by Crippen LogP contribution is 2.20. The third-order valence-electron chi connectivity index (χ3n) is 4.61. The number of piperidine rings is 1. The van der Waals surface area contributed by atoms with Gasteiger partial charge in [0, 0.05) is 45.0 Å². The van der Waals surface area contributed by atoms with E-state index in [1.54, 1.807) is 13.2 Å². The number of methoxy groups -OCH3 is 1. The maximum absolute atomic E-state index is 12.5.